The van der Waals surface area contributed by atoms with Crippen molar-refractivity contribution in [3.8, 4) is 11.4 Å². The Kier molecular flexibility index (Phi) is 3.43. The van der Waals surface area contributed by atoms with Crippen LogP contribution in [0.4, 0.5) is 0 Å². The molecule has 18 heavy (non-hydrogen) atoms. The molecule has 5 heteroatoms. The number of benzene rings is 1. The molecule has 0 spiro atoms. The van der Waals surface area contributed by atoms with E-state index in [2.05, 4.69) is 31.4 Å². The average Bonchev–Trinajstić information content (AvgIpc) is 3.06. The maximum absolute atomic E-state index is 5.24. The third-order valence-electron chi connectivity index (χ3n) is 2.90. The van der Waals surface area contributed by atoms with Gasteiger partial charge in [-0.2, -0.15) is 4.98 Å². The second kappa shape index (κ2) is 5.20. The predicted molar refractivity (Wildman–Crippen MR) is 72.2 cm³/mol. The van der Waals surface area contributed by atoms with Crippen molar-refractivity contribution in [1.29, 1.82) is 0 Å². The summed E-state index contributed by atoms with van der Waals surface area (Å²) in [5, 5.41) is 7.43. The van der Waals surface area contributed by atoms with Gasteiger partial charge in [0, 0.05) is 29.0 Å². The van der Waals surface area contributed by atoms with Crippen molar-refractivity contribution in [2.45, 2.75) is 25.3 Å². The van der Waals surface area contributed by atoms with Crippen LogP contribution in [0.5, 0.6) is 0 Å². The standard InChI is InChI=1S/C13H14BrN3O/c14-10-3-1-2-9(8-10)13-16-12(18-17-13)6-7-15-11-4-5-11/h1-3,8,11,15H,4-7H2. The van der Waals surface area contributed by atoms with Crippen molar-refractivity contribution in [2.24, 2.45) is 0 Å². The maximum atomic E-state index is 5.24. The van der Waals surface area contributed by atoms with E-state index in [1.54, 1.807) is 0 Å². The number of halogens is 1. The topological polar surface area (TPSA) is 51.0 Å². The van der Waals surface area contributed by atoms with Gasteiger partial charge in [0.1, 0.15) is 0 Å². The van der Waals surface area contributed by atoms with Gasteiger partial charge < -0.3 is 9.84 Å². The van der Waals surface area contributed by atoms with Crippen LogP contribution in [-0.2, 0) is 6.42 Å². The van der Waals surface area contributed by atoms with E-state index in [0.717, 1.165) is 29.0 Å². The average molecular weight is 308 g/mol. The van der Waals surface area contributed by atoms with E-state index in [0.29, 0.717) is 11.7 Å². The molecule has 0 atom stereocenters. The zero-order chi connectivity index (χ0) is 12.4. The summed E-state index contributed by atoms with van der Waals surface area (Å²) in [6.07, 6.45) is 3.39. The first-order chi connectivity index (χ1) is 8.81. The fraction of sp³-hybridized carbons (Fsp3) is 0.385. The number of nitrogens with zero attached hydrogens (tertiary/aromatic N) is 2. The Balaban J connectivity index is 1.64. The van der Waals surface area contributed by atoms with Gasteiger partial charge in [0.05, 0.1) is 0 Å². The van der Waals surface area contributed by atoms with Crippen LogP contribution in [0, 0.1) is 0 Å². The Hall–Kier alpha value is -1.20. The monoisotopic (exact) mass is 307 g/mol. The lowest BCUT2D eigenvalue weighted by atomic mass is 10.2. The SMILES string of the molecule is Brc1cccc(-c2noc(CCNC3CC3)n2)c1. The van der Waals surface area contributed by atoms with E-state index in [4.69, 9.17) is 4.52 Å². The van der Waals surface area contributed by atoms with Gasteiger partial charge in [0.15, 0.2) is 0 Å². The highest BCUT2D eigenvalue weighted by atomic mass is 79.9. The van der Waals surface area contributed by atoms with E-state index in [1.165, 1.54) is 12.8 Å². The van der Waals surface area contributed by atoms with E-state index >= 15 is 0 Å². The molecular weight excluding hydrogens is 294 g/mol. The molecule has 0 amide bonds. The third-order valence-corrected chi connectivity index (χ3v) is 3.39. The molecule has 1 saturated carbocycles. The highest BCUT2D eigenvalue weighted by molar-refractivity contribution is 9.10. The predicted octanol–water partition coefficient (Wildman–Crippen LogP) is 2.79. The lowest BCUT2D eigenvalue weighted by Crippen LogP contribution is -2.19. The van der Waals surface area contributed by atoms with Crippen molar-refractivity contribution in [3.05, 3.63) is 34.6 Å². The molecule has 4 nitrogen and oxygen atoms in total. The normalized spacial score (nSPS) is 14.9. The summed E-state index contributed by atoms with van der Waals surface area (Å²) >= 11 is 3.43. The lowest BCUT2D eigenvalue weighted by Gasteiger charge is -1.97. The molecule has 1 heterocycles. The lowest BCUT2D eigenvalue weighted by molar-refractivity contribution is 0.376. The second-order valence-corrected chi connectivity index (χ2v) is 5.42. The first-order valence-electron chi connectivity index (χ1n) is 6.13. The van der Waals surface area contributed by atoms with Crippen molar-refractivity contribution >= 4 is 15.9 Å². The zero-order valence-corrected chi connectivity index (χ0v) is 11.5. The Labute approximate surface area is 114 Å². The van der Waals surface area contributed by atoms with Gasteiger partial charge in [-0.15, -0.1) is 0 Å². The van der Waals surface area contributed by atoms with Gasteiger partial charge >= 0.3 is 0 Å². The van der Waals surface area contributed by atoms with E-state index in [-0.39, 0.29) is 0 Å². The van der Waals surface area contributed by atoms with Crippen LogP contribution in [0.2, 0.25) is 0 Å². The Bertz CT molecular complexity index is 537. The molecule has 1 aliphatic rings. The van der Waals surface area contributed by atoms with E-state index in [9.17, 15) is 0 Å². The van der Waals surface area contributed by atoms with E-state index in [1.807, 2.05) is 24.3 Å². The molecule has 0 unspecified atom stereocenters. The van der Waals surface area contributed by atoms with Gasteiger partial charge in [-0.3, -0.25) is 0 Å². The first-order valence-corrected chi connectivity index (χ1v) is 6.92. The van der Waals surface area contributed by atoms with Crippen molar-refractivity contribution in [1.82, 2.24) is 15.5 Å². The van der Waals surface area contributed by atoms with Gasteiger partial charge in [0.25, 0.3) is 0 Å². The molecule has 1 N–H and O–H groups in total. The summed E-state index contributed by atoms with van der Waals surface area (Å²) < 4.78 is 6.26. The quantitative estimate of drug-likeness (QED) is 0.923. The smallest absolute Gasteiger partial charge is 0.228 e. The van der Waals surface area contributed by atoms with Crippen LogP contribution in [0.3, 0.4) is 0 Å². The third kappa shape index (κ3) is 2.97. The van der Waals surface area contributed by atoms with Crippen molar-refractivity contribution in [3.63, 3.8) is 0 Å². The van der Waals surface area contributed by atoms with Gasteiger partial charge in [-0.1, -0.05) is 33.2 Å². The Morgan fingerprint density at radius 2 is 2.28 bits per heavy atom. The minimum absolute atomic E-state index is 0.651. The molecule has 0 saturated heterocycles. The van der Waals surface area contributed by atoms with Gasteiger partial charge in [-0.25, -0.2) is 0 Å². The molecule has 0 aliphatic heterocycles. The van der Waals surface area contributed by atoms with Crippen LogP contribution in [0.1, 0.15) is 18.7 Å². The summed E-state index contributed by atoms with van der Waals surface area (Å²) in [6, 6.07) is 8.62. The summed E-state index contributed by atoms with van der Waals surface area (Å²) in [7, 11) is 0. The highest BCUT2D eigenvalue weighted by Crippen LogP contribution is 2.21. The number of hydrogen-bond donors (Lipinski definition) is 1. The highest BCUT2D eigenvalue weighted by Gasteiger charge is 2.20. The van der Waals surface area contributed by atoms with Crippen LogP contribution in [-0.4, -0.2) is 22.7 Å². The number of rotatable bonds is 5. The number of aromatic nitrogens is 2. The molecule has 0 bridgehead atoms. The molecule has 1 aromatic heterocycles. The minimum Gasteiger partial charge on any atom is -0.339 e. The van der Waals surface area contributed by atoms with Crippen LogP contribution >= 0.6 is 15.9 Å². The van der Waals surface area contributed by atoms with Crippen LogP contribution in [0.15, 0.2) is 33.3 Å². The van der Waals surface area contributed by atoms with E-state index < -0.39 is 0 Å². The Morgan fingerprint density at radius 1 is 1.39 bits per heavy atom. The molecule has 94 valence electrons. The summed E-state index contributed by atoms with van der Waals surface area (Å²) in [5.74, 6) is 1.34. The van der Waals surface area contributed by atoms with Gasteiger partial charge in [-0.05, 0) is 25.0 Å². The number of hydrogen-bond acceptors (Lipinski definition) is 4. The largest absolute Gasteiger partial charge is 0.339 e. The van der Waals surface area contributed by atoms with Crippen molar-refractivity contribution in [2.75, 3.05) is 6.54 Å². The zero-order valence-electron chi connectivity index (χ0n) is 9.90. The van der Waals surface area contributed by atoms with Crippen LogP contribution < -0.4 is 5.32 Å². The fourth-order valence-corrected chi connectivity index (χ4v) is 2.17. The molecule has 0 radical (unpaired) electrons. The number of nitrogens with one attached hydrogen (secondary N) is 1. The summed E-state index contributed by atoms with van der Waals surface area (Å²) in [5.41, 5.74) is 0.967. The fourth-order valence-electron chi connectivity index (χ4n) is 1.77. The molecule has 3 rings (SSSR count). The van der Waals surface area contributed by atoms with Crippen molar-refractivity contribution < 1.29 is 4.52 Å². The van der Waals surface area contributed by atoms with Gasteiger partial charge in [0.2, 0.25) is 11.7 Å². The Morgan fingerprint density at radius 3 is 3.06 bits per heavy atom. The molecule has 1 aliphatic carbocycles. The summed E-state index contributed by atoms with van der Waals surface area (Å²) in [6.45, 7) is 0.908. The second-order valence-electron chi connectivity index (χ2n) is 4.50. The molecule has 1 fully saturated rings. The first kappa shape index (κ1) is 11.9. The molecular formula is C13H14BrN3O. The van der Waals surface area contributed by atoms with Crippen LogP contribution in [0.25, 0.3) is 11.4 Å². The summed E-state index contributed by atoms with van der Waals surface area (Å²) in [4.78, 5) is 4.40. The molecule has 2 aromatic rings. The molecule has 1 aromatic carbocycles. The maximum Gasteiger partial charge on any atom is 0.228 e. The minimum atomic E-state index is 0.651.